The van der Waals surface area contributed by atoms with Crippen LogP contribution in [0.15, 0.2) is 42.5 Å². The Morgan fingerprint density at radius 1 is 1.08 bits per heavy atom. The van der Waals surface area contributed by atoms with E-state index in [1.807, 2.05) is 18.2 Å². The number of nitrogens with zero attached hydrogens (tertiary/aromatic N) is 1. The zero-order valence-electron chi connectivity index (χ0n) is 22.5. The monoisotopic (exact) mass is 543 g/mol. The van der Waals surface area contributed by atoms with Crippen LogP contribution in [0, 0.1) is 13.8 Å². The maximum atomic E-state index is 12.9. The van der Waals surface area contributed by atoms with Crippen LogP contribution in [0.4, 0.5) is 24.7 Å². The number of ether oxygens (including phenoxy) is 2. The van der Waals surface area contributed by atoms with E-state index in [1.165, 1.54) is 12.1 Å². The number of hydrogen-bond donors (Lipinski definition) is 3. The summed E-state index contributed by atoms with van der Waals surface area (Å²) in [6.45, 7) is 9.54. The summed E-state index contributed by atoms with van der Waals surface area (Å²) >= 11 is 0. The molecule has 0 bridgehead atoms. The molecule has 2 heterocycles. The van der Waals surface area contributed by atoms with Gasteiger partial charge in [0, 0.05) is 22.4 Å². The van der Waals surface area contributed by atoms with E-state index in [2.05, 4.69) is 10.9 Å². The number of anilines is 2. The lowest BCUT2D eigenvalue weighted by Crippen LogP contribution is -2.29. The van der Waals surface area contributed by atoms with E-state index in [9.17, 15) is 23.1 Å². The first-order valence-electron chi connectivity index (χ1n) is 12.6. The van der Waals surface area contributed by atoms with E-state index >= 15 is 0 Å². The number of nitrogens with one attached hydrogen (secondary N) is 2. The van der Waals surface area contributed by atoms with E-state index in [1.54, 1.807) is 34.6 Å². The van der Waals surface area contributed by atoms with Gasteiger partial charge in [-0.2, -0.15) is 13.2 Å². The van der Waals surface area contributed by atoms with Crippen LogP contribution in [-0.2, 0) is 22.1 Å². The van der Waals surface area contributed by atoms with E-state index in [-0.39, 0.29) is 0 Å². The highest BCUT2D eigenvalue weighted by Crippen LogP contribution is 2.41. The second-order valence-corrected chi connectivity index (χ2v) is 10.5. The quantitative estimate of drug-likeness (QED) is 0.274. The first kappa shape index (κ1) is 28.2. The number of rotatable bonds is 7. The molecular weight excluding hydrogens is 511 g/mol. The summed E-state index contributed by atoms with van der Waals surface area (Å²) in [5.41, 5.74) is 8.69. The van der Waals surface area contributed by atoms with E-state index in [0.29, 0.717) is 40.5 Å². The zero-order chi connectivity index (χ0) is 28.5. The molecule has 39 heavy (non-hydrogen) atoms. The number of aryl methyl sites for hydroxylation is 2. The van der Waals surface area contributed by atoms with Gasteiger partial charge in [0.15, 0.2) is 6.10 Å². The Kier molecular flexibility index (Phi) is 7.79. The molecule has 0 amide bonds. The molecule has 7 nitrogen and oxygen atoms in total. The third kappa shape index (κ3) is 6.44. The summed E-state index contributed by atoms with van der Waals surface area (Å²) < 4.78 is 50.6. The number of carbonyl (C=O) groups is 1. The fraction of sp³-hybridized carbons (Fsp3) is 0.379. The van der Waals surface area contributed by atoms with Crippen LogP contribution in [0.2, 0.25) is 0 Å². The van der Waals surface area contributed by atoms with Crippen molar-refractivity contribution in [1.82, 2.24) is 4.98 Å². The maximum absolute atomic E-state index is 12.9. The topological polar surface area (TPSA) is 92.7 Å². The van der Waals surface area contributed by atoms with Crippen molar-refractivity contribution in [1.29, 1.82) is 0 Å². The minimum Gasteiger partial charge on any atom is -0.493 e. The third-order valence-electron chi connectivity index (χ3n) is 6.36. The van der Waals surface area contributed by atoms with Crippen LogP contribution < -0.4 is 15.6 Å². The molecule has 0 saturated heterocycles. The summed E-state index contributed by atoms with van der Waals surface area (Å²) in [6, 6.07) is 10.3. The standard InChI is InChI=1S/C29H32F3N3O4/c1-16-23(25(27(36)37)39-28(3,4)5)24(19-8-13-22-18(15-19)7-6-14-38-22)17(2)33-26(16)35-34-21-11-9-20(10-12-21)29(30,31)32/h8-13,15,25,34H,6-7,14H2,1-5H3,(H,33,35)(H,36,37). The molecule has 10 heteroatoms. The SMILES string of the molecule is Cc1nc(NNc2ccc(C(F)(F)F)cc2)c(C)c(C(OC(C)(C)C)C(=O)O)c1-c1ccc2c(c1)CCCO2. The summed E-state index contributed by atoms with van der Waals surface area (Å²) in [5.74, 6) is -0.00680. The Morgan fingerprint density at radius 2 is 1.77 bits per heavy atom. The fourth-order valence-electron chi connectivity index (χ4n) is 4.61. The maximum Gasteiger partial charge on any atom is 0.416 e. The second-order valence-electron chi connectivity index (χ2n) is 10.5. The number of halogens is 3. The molecule has 4 rings (SSSR count). The molecule has 1 aromatic heterocycles. The Morgan fingerprint density at radius 3 is 2.38 bits per heavy atom. The van der Waals surface area contributed by atoms with E-state index in [4.69, 9.17) is 14.5 Å². The molecule has 2 aromatic carbocycles. The molecule has 1 aliphatic heterocycles. The number of fused-ring (bicyclic) bond motifs is 1. The average Bonchev–Trinajstić information content (AvgIpc) is 2.86. The summed E-state index contributed by atoms with van der Waals surface area (Å²) in [4.78, 5) is 17.3. The van der Waals surface area contributed by atoms with Crippen LogP contribution in [0.5, 0.6) is 5.75 Å². The van der Waals surface area contributed by atoms with Crippen molar-refractivity contribution in [2.24, 2.45) is 0 Å². The Hall–Kier alpha value is -3.79. The third-order valence-corrected chi connectivity index (χ3v) is 6.36. The molecule has 3 aromatic rings. The van der Waals surface area contributed by atoms with Crippen molar-refractivity contribution >= 4 is 17.5 Å². The van der Waals surface area contributed by atoms with Gasteiger partial charge < -0.3 is 14.6 Å². The largest absolute Gasteiger partial charge is 0.493 e. The van der Waals surface area contributed by atoms with Gasteiger partial charge in [0.25, 0.3) is 0 Å². The minimum absolute atomic E-state index is 0.330. The molecule has 0 radical (unpaired) electrons. The average molecular weight is 544 g/mol. The van der Waals surface area contributed by atoms with Gasteiger partial charge in [-0.1, -0.05) is 6.07 Å². The molecule has 3 N–H and O–H groups in total. The molecule has 1 aliphatic rings. The molecule has 0 spiro atoms. The van der Waals surface area contributed by atoms with E-state index < -0.39 is 29.4 Å². The number of pyridine rings is 1. The number of alkyl halides is 3. The lowest BCUT2D eigenvalue weighted by molar-refractivity contribution is -0.160. The number of carboxylic acids is 1. The van der Waals surface area contributed by atoms with Crippen molar-refractivity contribution in [3.63, 3.8) is 0 Å². The van der Waals surface area contributed by atoms with Gasteiger partial charge in [-0.3, -0.25) is 10.9 Å². The smallest absolute Gasteiger partial charge is 0.416 e. The van der Waals surface area contributed by atoms with Gasteiger partial charge in [-0.05, 0) is 95.0 Å². The predicted molar refractivity (Wildman–Crippen MR) is 143 cm³/mol. The van der Waals surface area contributed by atoms with Gasteiger partial charge >= 0.3 is 12.1 Å². The number of aromatic nitrogens is 1. The van der Waals surface area contributed by atoms with Crippen molar-refractivity contribution in [2.75, 3.05) is 17.5 Å². The van der Waals surface area contributed by atoms with Crippen LogP contribution >= 0.6 is 0 Å². The number of hydrogen-bond acceptors (Lipinski definition) is 6. The molecule has 0 saturated carbocycles. The lowest BCUT2D eigenvalue weighted by Gasteiger charge is -2.29. The molecule has 0 fully saturated rings. The van der Waals surface area contributed by atoms with Gasteiger partial charge in [-0.15, -0.1) is 0 Å². The molecule has 0 aliphatic carbocycles. The van der Waals surface area contributed by atoms with Gasteiger partial charge in [-0.25, -0.2) is 9.78 Å². The van der Waals surface area contributed by atoms with Crippen LogP contribution in [0.3, 0.4) is 0 Å². The summed E-state index contributed by atoms with van der Waals surface area (Å²) in [7, 11) is 0. The number of hydrazine groups is 1. The predicted octanol–water partition coefficient (Wildman–Crippen LogP) is 7.09. The van der Waals surface area contributed by atoms with Crippen molar-refractivity contribution in [2.45, 2.75) is 65.3 Å². The van der Waals surface area contributed by atoms with E-state index in [0.717, 1.165) is 41.9 Å². The van der Waals surface area contributed by atoms with Crippen LogP contribution in [0.25, 0.3) is 11.1 Å². The highest BCUT2D eigenvalue weighted by molar-refractivity contribution is 5.84. The molecule has 208 valence electrons. The molecule has 1 unspecified atom stereocenters. The summed E-state index contributed by atoms with van der Waals surface area (Å²) in [6.07, 6.45) is -4.00. The molecular formula is C29H32F3N3O4. The van der Waals surface area contributed by atoms with Gasteiger partial charge in [0.1, 0.15) is 11.6 Å². The number of benzene rings is 2. The fourth-order valence-corrected chi connectivity index (χ4v) is 4.61. The Bertz CT molecular complexity index is 1370. The second kappa shape index (κ2) is 10.8. The highest BCUT2D eigenvalue weighted by atomic mass is 19.4. The minimum atomic E-state index is -4.44. The van der Waals surface area contributed by atoms with Crippen LogP contribution in [-0.4, -0.2) is 28.3 Å². The van der Waals surface area contributed by atoms with Crippen molar-refractivity contribution in [3.05, 3.63) is 70.4 Å². The number of carboxylic acid groups (broad SMARTS) is 1. The lowest BCUT2D eigenvalue weighted by atomic mass is 9.89. The number of aliphatic carboxylic acids is 1. The van der Waals surface area contributed by atoms with Gasteiger partial charge in [0.2, 0.25) is 0 Å². The van der Waals surface area contributed by atoms with Gasteiger partial charge in [0.05, 0.1) is 23.5 Å². The zero-order valence-corrected chi connectivity index (χ0v) is 22.5. The summed E-state index contributed by atoms with van der Waals surface area (Å²) in [5, 5.41) is 10.3. The molecule has 1 atom stereocenters. The normalized spacial score (nSPS) is 14.3. The Labute approximate surface area is 225 Å². The Balaban J connectivity index is 1.79. The highest BCUT2D eigenvalue weighted by Gasteiger charge is 2.33. The van der Waals surface area contributed by atoms with Crippen molar-refractivity contribution in [3.8, 4) is 16.9 Å². The van der Waals surface area contributed by atoms with Crippen LogP contribution in [0.1, 0.15) is 61.2 Å². The van der Waals surface area contributed by atoms with Crippen molar-refractivity contribution < 1.29 is 32.5 Å². The first-order valence-corrected chi connectivity index (χ1v) is 12.6. The first-order chi connectivity index (χ1) is 18.2.